The molecular weight excluding hydrogens is 390 g/mol. The van der Waals surface area contributed by atoms with Crippen molar-refractivity contribution in [2.45, 2.75) is 46.6 Å². The lowest BCUT2D eigenvalue weighted by molar-refractivity contribution is 0.0623. The molecule has 1 N–H and O–H groups in total. The first-order chi connectivity index (χ1) is 14.8. The quantitative estimate of drug-likeness (QED) is 0.748. The van der Waals surface area contributed by atoms with Gasteiger partial charge in [-0.15, -0.1) is 0 Å². The van der Waals surface area contributed by atoms with Gasteiger partial charge in [0.2, 0.25) is 0 Å². The van der Waals surface area contributed by atoms with Crippen LogP contribution >= 0.6 is 0 Å². The van der Waals surface area contributed by atoms with Gasteiger partial charge in [0.05, 0.1) is 0 Å². The third kappa shape index (κ3) is 4.53. The van der Waals surface area contributed by atoms with E-state index in [0.717, 1.165) is 44.6 Å². The Morgan fingerprint density at radius 2 is 1.55 bits per heavy atom. The fourth-order valence-corrected chi connectivity index (χ4v) is 5.04. The number of likely N-dealkylation sites (tertiary alicyclic amines) is 1. The molecule has 0 aromatic heterocycles. The molecule has 0 bridgehead atoms. The molecule has 2 atom stereocenters. The summed E-state index contributed by atoms with van der Waals surface area (Å²) >= 11 is 0. The summed E-state index contributed by atoms with van der Waals surface area (Å²) in [6.07, 6.45) is 3.26. The Morgan fingerprint density at radius 3 is 2.16 bits per heavy atom. The second kappa shape index (κ2) is 8.85. The molecule has 0 unspecified atom stereocenters. The Kier molecular flexibility index (Phi) is 6.17. The van der Waals surface area contributed by atoms with Gasteiger partial charge in [-0.25, -0.2) is 0 Å². The van der Waals surface area contributed by atoms with Crippen molar-refractivity contribution < 1.29 is 4.79 Å². The highest BCUT2D eigenvalue weighted by molar-refractivity contribution is 5.94. The molecule has 0 saturated carbocycles. The number of carbonyl (C=O) groups is 1. The zero-order chi connectivity index (χ0) is 22.1. The molecule has 2 fully saturated rings. The molecule has 2 aliphatic rings. The number of hydrogen-bond acceptors (Lipinski definition) is 5. The maximum Gasteiger partial charge on any atom is 0.253 e. The van der Waals surface area contributed by atoms with Gasteiger partial charge in [-0.3, -0.25) is 14.4 Å². The standard InChI is InChI=1S/C25H33N3O3/c1-16-8-10-27(11-9-16)22-21(23(29)24(22)30)26-13-19-4-6-20(7-5-19)25(31)28-14-17(2)12-18(3)15-28/h4-7,16-18,26H,8-15H2,1-3H3/t17-,18-/m1/s1. The summed E-state index contributed by atoms with van der Waals surface area (Å²) in [4.78, 5) is 41.1. The summed E-state index contributed by atoms with van der Waals surface area (Å²) in [5, 5.41) is 3.17. The summed E-state index contributed by atoms with van der Waals surface area (Å²) in [7, 11) is 0. The van der Waals surface area contributed by atoms with Crippen LogP contribution in [-0.2, 0) is 6.54 Å². The van der Waals surface area contributed by atoms with E-state index in [-0.39, 0.29) is 11.3 Å². The number of anilines is 2. The van der Waals surface area contributed by atoms with E-state index in [2.05, 4.69) is 31.0 Å². The van der Waals surface area contributed by atoms with Crippen molar-refractivity contribution in [1.82, 2.24) is 4.90 Å². The number of nitrogens with one attached hydrogen (secondary N) is 1. The lowest BCUT2D eigenvalue weighted by Gasteiger charge is -2.35. The van der Waals surface area contributed by atoms with Gasteiger partial charge in [-0.2, -0.15) is 0 Å². The summed E-state index contributed by atoms with van der Waals surface area (Å²) in [5.74, 6) is 1.81. The summed E-state index contributed by atoms with van der Waals surface area (Å²) < 4.78 is 0. The van der Waals surface area contributed by atoms with E-state index in [1.807, 2.05) is 29.2 Å². The fraction of sp³-hybridized carbons (Fsp3) is 0.560. The largest absolute Gasteiger partial charge is 0.376 e. The molecule has 4 rings (SSSR count). The number of rotatable bonds is 5. The number of nitrogens with zero attached hydrogens (tertiary/aromatic N) is 2. The van der Waals surface area contributed by atoms with E-state index >= 15 is 0 Å². The normalized spacial score (nSPS) is 22.7. The van der Waals surface area contributed by atoms with E-state index in [1.54, 1.807) is 0 Å². The predicted molar refractivity (Wildman–Crippen MR) is 125 cm³/mol. The minimum absolute atomic E-state index is 0.0852. The highest BCUT2D eigenvalue weighted by Gasteiger charge is 2.28. The van der Waals surface area contributed by atoms with Crippen LogP contribution in [0.3, 0.4) is 0 Å². The van der Waals surface area contributed by atoms with Crippen molar-refractivity contribution in [3.05, 3.63) is 55.8 Å². The molecule has 2 saturated heterocycles. The zero-order valence-electron chi connectivity index (χ0n) is 18.8. The summed E-state index contributed by atoms with van der Waals surface area (Å²) in [5.41, 5.74) is 1.87. The van der Waals surface area contributed by atoms with Crippen LogP contribution in [0.15, 0.2) is 33.9 Å². The number of carbonyl (C=O) groups excluding carboxylic acids is 1. The van der Waals surface area contributed by atoms with Crippen LogP contribution in [0.1, 0.15) is 56.0 Å². The molecule has 2 aromatic rings. The fourth-order valence-electron chi connectivity index (χ4n) is 5.04. The molecule has 0 radical (unpaired) electrons. The Labute approximate surface area is 183 Å². The topological polar surface area (TPSA) is 69.7 Å². The third-order valence-electron chi connectivity index (χ3n) is 6.81. The second-order valence-electron chi connectivity index (χ2n) is 9.76. The molecule has 0 aliphatic carbocycles. The van der Waals surface area contributed by atoms with Crippen molar-refractivity contribution in [3.63, 3.8) is 0 Å². The van der Waals surface area contributed by atoms with E-state index in [0.29, 0.717) is 41.2 Å². The Morgan fingerprint density at radius 1 is 0.935 bits per heavy atom. The van der Waals surface area contributed by atoms with Crippen LogP contribution in [0.5, 0.6) is 0 Å². The highest BCUT2D eigenvalue weighted by Crippen LogP contribution is 2.27. The second-order valence-corrected chi connectivity index (χ2v) is 9.76. The molecule has 2 aliphatic heterocycles. The van der Waals surface area contributed by atoms with Crippen LogP contribution in [0, 0.1) is 17.8 Å². The minimum atomic E-state index is -0.422. The monoisotopic (exact) mass is 423 g/mol. The van der Waals surface area contributed by atoms with Gasteiger partial charge in [0, 0.05) is 38.3 Å². The van der Waals surface area contributed by atoms with Crippen molar-refractivity contribution >= 4 is 17.3 Å². The van der Waals surface area contributed by atoms with Crippen molar-refractivity contribution in [1.29, 1.82) is 0 Å². The molecular formula is C25H33N3O3. The minimum Gasteiger partial charge on any atom is -0.376 e. The molecule has 31 heavy (non-hydrogen) atoms. The van der Waals surface area contributed by atoms with Crippen LogP contribution in [0.4, 0.5) is 11.4 Å². The SMILES string of the molecule is CC1CCN(c2c(NCc3ccc(C(=O)N4C[C@H](C)C[C@@H](C)C4)cc3)c(=O)c2=O)CC1. The molecule has 1 amide bonds. The lowest BCUT2D eigenvalue weighted by atomic mass is 9.91. The third-order valence-corrected chi connectivity index (χ3v) is 6.81. The van der Waals surface area contributed by atoms with E-state index < -0.39 is 5.43 Å². The smallest absolute Gasteiger partial charge is 0.253 e. The van der Waals surface area contributed by atoms with E-state index in [4.69, 9.17) is 0 Å². The lowest BCUT2D eigenvalue weighted by Crippen LogP contribution is -2.45. The number of hydrogen-bond donors (Lipinski definition) is 1. The van der Waals surface area contributed by atoms with Crippen molar-refractivity contribution in [2.75, 3.05) is 36.4 Å². The van der Waals surface area contributed by atoms with Gasteiger partial charge < -0.3 is 15.1 Å². The molecule has 0 spiro atoms. The van der Waals surface area contributed by atoms with Gasteiger partial charge in [-0.05, 0) is 54.7 Å². The Bertz CT molecular complexity index is 988. The number of piperidine rings is 2. The molecule has 2 aromatic carbocycles. The Hall–Kier alpha value is -2.63. The van der Waals surface area contributed by atoms with Gasteiger partial charge in [0.15, 0.2) is 0 Å². The first-order valence-corrected chi connectivity index (χ1v) is 11.5. The number of benzene rings is 1. The Balaban J connectivity index is 1.38. The first-order valence-electron chi connectivity index (χ1n) is 11.5. The molecule has 2 heterocycles. The average molecular weight is 424 g/mol. The van der Waals surface area contributed by atoms with Crippen LogP contribution in [0.25, 0.3) is 0 Å². The molecule has 166 valence electrons. The maximum atomic E-state index is 12.9. The van der Waals surface area contributed by atoms with Crippen molar-refractivity contribution in [2.24, 2.45) is 17.8 Å². The first kappa shape index (κ1) is 21.6. The highest BCUT2D eigenvalue weighted by atomic mass is 16.2. The summed E-state index contributed by atoms with van der Waals surface area (Å²) in [6, 6.07) is 7.56. The van der Waals surface area contributed by atoms with Gasteiger partial charge >= 0.3 is 0 Å². The maximum absolute atomic E-state index is 12.9. The predicted octanol–water partition coefficient (Wildman–Crippen LogP) is 3.25. The number of amides is 1. The van der Waals surface area contributed by atoms with Gasteiger partial charge in [-0.1, -0.05) is 32.9 Å². The van der Waals surface area contributed by atoms with Crippen LogP contribution < -0.4 is 21.1 Å². The molecule has 6 heteroatoms. The summed E-state index contributed by atoms with van der Waals surface area (Å²) in [6.45, 7) is 10.4. The van der Waals surface area contributed by atoms with E-state index in [1.165, 1.54) is 6.42 Å². The van der Waals surface area contributed by atoms with Crippen LogP contribution in [-0.4, -0.2) is 37.0 Å². The average Bonchev–Trinajstić information content (AvgIpc) is 2.76. The van der Waals surface area contributed by atoms with Crippen LogP contribution in [0.2, 0.25) is 0 Å². The van der Waals surface area contributed by atoms with Crippen molar-refractivity contribution in [3.8, 4) is 0 Å². The van der Waals surface area contributed by atoms with Gasteiger partial charge in [0.1, 0.15) is 11.4 Å². The zero-order valence-corrected chi connectivity index (χ0v) is 18.8. The molecule has 6 nitrogen and oxygen atoms in total. The van der Waals surface area contributed by atoms with Gasteiger partial charge in [0.25, 0.3) is 16.8 Å². The van der Waals surface area contributed by atoms with E-state index in [9.17, 15) is 14.4 Å².